The van der Waals surface area contributed by atoms with Gasteiger partial charge in [0, 0.05) is 26.1 Å². The molecule has 0 saturated carbocycles. The van der Waals surface area contributed by atoms with Gasteiger partial charge in [0.1, 0.15) is 19.8 Å². The van der Waals surface area contributed by atoms with Gasteiger partial charge in [-0.15, -0.1) is 0 Å². The molecule has 0 aliphatic carbocycles. The van der Waals surface area contributed by atoms with Gasteiger partial charge >= 0.3 is 17.9 Å². The fraction of sp³-hybridized carbons (Fsp3) is 0.818. The molecule has 0 aliphatic heterocycles. The van der Waals surface area contributed by atoms with E-state index in [9.17, 15) is 24.3 Å². The Labute approximate surface area is 333 Å². The van der Waals surface area contributed by atoms with Gasteiger partial charge in [0.25, 0.3) is 6.47 Å². The van der Waals surface area contributed by atoms with E-state index in [1.54, 1.807) is 0 Å². The lowest BCUT2D eigenvalue weighted by atomic mass is 9.92. The van der Waals surface area contributed by atoms with Gasteiger partial charge in [-0.05, 0) is 83.5 Å². The molecule has 0 radical (unpaired) electrons. The van der Waals surface area contributed by atoms with Crippen molar-refractivity contribution < 1.29 is 52.7 Å². The Morgan fingerprint density at radius 2 is 1.15 bits per heavy atom. The number of hydrogen-bond acceptors (Lipinski definition) is 11. The van der Waals surface area contributed by atoms with E-state index >= 15 is 0 Å². The van der Waals surface area contributed by atoms with E-state index < -0.39 is 30.3 Å². The van der Waals surface area contributed by atoms with E-state index in [1.807, 2.05) is 0 Å². The monoisotopic (exact) mass is 783 g/mol. The summed E-state index contributed by atoms with van der Waals surface area (Å²) < 4.78 is 33.4. The number of rotatable bonds is 40. The number of esters is 3. The smallest absolute Gasteiger partial charge is 0.308 e. The Morgan fingerprint density at radius 3 is 1.71 bits per heavy atom. The lowest BCUT2D eigenvalue weighted by Gasteiger charge is -2.29. The lowest BCUT2D eigenvalue weighted by Crippen LogP contribution is -2.42. The van der Waals surface area contributed by atoms with Crippen LogP contribution in [-0.2, 0) is 47.6 Å². The molecule has 0 aromatic carbocycles. The summed E-state index contributed by atoms with van der Waals surface area (Å²) in [7, 11) is 0. The van der Waals surface area contributed by atoms with Crippen molar-refractivity contribution in [3.63, 3.8) is 0 Å². The van der Waals surface area contributed by atoms with Crippen LogP contribution in [0.3, 0.4) is 0 Å². The summed E-state index contributed by atoms with van der Waals surface area (Å²) in [4.78, 5) is 49.1. The minimum Gasteiger partial charge on any atom is -0.467 e. The second kappa shape index (κ2) is 38.1. The third-order valence-corrected chi connectivity index (χ3v) is 9.31. The summed E-state index contributed by atoms with van der Waals surface area (Å²) in [6, 6.07) is 0. The molecule has 2 atom stereocenters. The molecule has 0 heterocycles. The minimum atomic E-state index is -1.31. The Bertz CT molecular complexity index is 974. The summed E-state index contributed by atoms with van der Waals surface area (Å²) in [5.41, 5.74) is -1.31. The van der Waals surface area contributed by atoms with Gasteiger partial charge < -0.3 is 33.5 Å². The Morgan fingerprint density at radius 1 is 0.582 bits per heavy atom. The number of allylic oxidation sites excluding steroid dienone is 4. The molecule has 0 saturated heterocycles. The SMILES string of the molecule is CC/C=C\CCCCOC(CCC(=O)OCC(CO)(COC=O)COC(=O)CCCCCOC(=O)C(CCCC)CCCCCC)OCCCC/C=C\CC. The summed E-state index contributed by atoms with van der Waals surface area (Å²) >= 11 is 0. The van der Waals surface area contributed by atoms with Crippen molar-refractivity contribution in [2.75, 3.05) is 46.2 Å². The summed E-state index contributed by atoms with van der Waals surface area (Å²) in [5.74, 6) is -1.18. The van der Waals surface area contributed by atoms with Crippen molar-refractivity contribution in [1.82, 2.24) is 0 Å². The van der Waals surface area contributed by atoms with Crippen molar-refractivity contribution in [3.05, 3.63) is 24.3 Å². The van der Waals surface area contributed by atoms with Crippen LogP contribution in [0.2, 0.25) is 0 Å². The van der Waals surface area contributed by atoms with Gasteiger partial charge in [0.15, 0.2) is 6.29 Å². The molecule has 55 heavy (non-hydrogen) atoms. The zero-order valence-electron chi connectivity index (χ0n) is 35.1. The van der Waals surface area contributed by atoms with E-state index in [-0.39, 0.29) is 51.0 Å². The number of aliphatic hydroxyl groups excluding tert-OH is 1. The van der Waals surface area contributed by atoms with Crippen LogP contribution >= 0.6 is 0 Å². The molecule has 0 aliphatic rings. The van der Waals surface area contributed by atoms with Crippen molar-refractivity contribution >= 4 is 24.4 Å². The highest BCUT2D eigenvalue weighted by Crippen LogP contribution is 2.22. The molecule has 0 rings (SSSR count). The number of hydrogen-bond donors (Lipinski definition) is 1. The van der Waals surface area contributed by atoms with Crippen molar-refractivity contribution in [2.45, 2.75) is 175 Å². The topological polar surface area (TPSA) is 144 Å². The van der Waals surface area contributed by atoms with Gasteiger partial charge in [0.2, 0.25) is 0 Å². The second-order valence-corrected chi connectivity index (χ2v) is 14.5. The van der Waals surface area contributed by atoms with Crippen LogP contribution in [0.25, 0.3) is 0 Å². The van der Waals surface area contributed by atoms with Crippen LogP contribution in [0.5, 0.6) is 0 Å². The first kappa shape index (κ1) is 52.2. The van der Waals surface area contributed by atoms with Crippen LogP contribution in [-0.4, -0.2) is 82.0 Å². The summed E-state index contributed by atoms with van der Waals surface area (Å²) in [5, 5.41) is 10.2. The molecule has 0 amide bonds. The Balaban J connectivity index is 4.80. The maximum absolute atomic E-state index is 12.8. The van der Waals surface area contributed by atoms with Crippen molar-refractivity contribution in [1.29, 1.82) is 0 Å². The fourth-order valence-electron chi connectivity index (χ4n) is 5.75. The predicted molar refractivity (Wildman–Crippen MR) is 216 cm³/mol. The zero-order valence-corrected chi connectivity index (χ0v) is 35.1. The minimum absolute atomic E-state index is 0.0205. The quantitative estimate of drug-likeness (QED) is 0.0159. The molecule has 0 spiro atoms. The molecular weight excluding hydrogens is 704 g/mol. The molecule has 1 N–H and O–H groups in total. The van der Waals surface area contributed by atoms with E-state index in [4.69, 9.17) is 28.4 Å². The van der Waals surface area contributed by atoms with Crippen molar-refractivity contribution in [2.24, 2.45) is 11.3 Å². The van der Waals surface area contributed by atoms with Gasteiger partial charge in [0.05, 0.1) is 31.0 Å². The van der Waals surface area contributed by atoms with Crippen LogP contribution in [0.1, 0.15) is 169 Å². The van der Waals surface area contributed by atoms with Gasteiger partial charge in [-0.1, -0.05) is 90.5 Å². The van der Waals surface area contributed by atoms with E-state index in [2.05, 4.69) is 52.0 Å². The lowest BCUT2D eigenvalue weighted by molar-refractivity contribution is -0.167. The summed E-state index contributed by atoms with van der Waals surface area (Å²) in [6.07, 6.45) is 26.5. The number of aliphatic hydroxyl groups is 1. The van der Waals surface area contributed by atoms with Crippen LogP contribution in [0.15, 0.2) is 24.3 Å². The van der Waals surface area contributed by atoms with Crippen LogP contribution in [0, 0.1) is 11.3 Å². The first-order chi connectivity index (χ1) is 26.8. The highest BCUT2D eigenvalue weighted by molar-refractivity contribution is 5.72. The van der Waals surface area contributed by atoms with Gasteiger partial charge in [-0.2, -0.15) is 0 Å². The largest absolute Gasteiger partial charge is 0.467 e. The number of ether oxygens (including phenoxy) is 6. The number of unbranched alkanes of at least 4 members (excludes halogenated alkanes) is 10. The predicted octanol–water partition coefficient (Wildman–Crippen LogP) is 9.52. The molecule has 11 heteroatoms. The number of carbonyl (C=O) groups is 4. The first-order valence-electron chi connectivity index (χ1n) is 21.5. The molecule has 2 unspecified atom stereocenters. The van der Waals surface area contributed by atoms with Crippen LogP contribution in [0.4, 0.5) is 0 Å². The summed E-state index contributed by atoms with van der Waals surface area (Å²) in [6.45, 7) is 8.66. The van der Waals surface area contributed by atoms with Crippen molar-refractivity contribution in [3.8, 4) is 0 Å². The maximum Gasteiger partial charge on any atom is 0.308 e. The average Bonchev–Trinajstić information content (AvgIpc) is 3.19. The Kier molecular flexibility index (Phi) is 36.2. The second-order valence-electron chi connectivity index (χ2n) is 14.5. The highest BCUT2D eigenvalue weighted by atomic mass is 16.7. The molecule has 0 aromatic rings. The van der Waals surface area contributed by atoms with E-state index in [0.717, 1.165) is 96.3 Å². The van der Waals surface area contributed by atoms with Crippen LogP contribution < -0.4 is 0 Å². The average molecular weight is 783 g/mol. The van der Waals surface area contributed by atoms with E-state index in [0.29, 0.717) is 45.5 Å². The zero-order chi connectivity index (χ0) is 40.7. The maximum atomic E-state index is 12.8. The van der Waals surface area contributed by atoms with Gasteiger partial charge in [-0.3, -0.25) is 19.2 Å². The molecule has 0 bridgehead atoms. The molecule has 0 aromatic heterocycles. The highest BCUT2D eigenvalue weighted by Gasteiger charge is 2.35. The first-order valence-corrected chi connectivity index (χ1v) is 21.5. The van der Waals surface area contributed by atoms with Gasteiger partial charge in [-0.25, -0.2) is 0 Å². The molecule has 0 fully saturated rings. The third-order valence-electron chi connectivity index (χ3n) is 9.31. The standard InChI is InChI=1S/C44H78O11/c1-5-9-13-16-18-23-31-51-42(52-32-24-19-17-14-10-6-2)30-29-41(48)55-37-44(34-45,35-50-38-46)36-54-40(47)28-22-20-25-33-53-43(49)39(26-12-8-4)27-21-15-11-7-3/h9-10,13-14,38-39,42,45H,5-8,11-12,15-37H2,1-4H3/b13-9-,14-10-. The van der Waals surface area contributed by atoms with E-state index in [1.165, 1.54) is 6.42 Å². The number of carbonyl (C=O) groups excluding carboxylic acids is 4. The molecule has 320 valence electrons. The fourth-order valence-corrected chi connectivity index (χ4v) is 5.75. The normalized spacial score (nSPS) is 13.3. The Hall–Kier alpha value is -2.76. The third kappa shape index (κ3) is 31.1. The molecule has 11 nitrogen and oxygen atoms in total. The molecular formula is C44H78O11.